The highest BCUT2D eigenvalue weighted by molar-refractivity contribution is 6.50. The average Bonchev–Trinajstić information content (AvgIpc) is 3.55. The summed E-state index contributed by atoms with van der Waals surface area (Å²) in [5, 5.41) is 46.2. The van der Waals surface area contributed by atoms with Crippen molar-refractivity contribution in [2.45, 2.75) is 95.9 Å². The number of aromatic carboxylic acids is 1. The predicted octanol–water partition coefficient (Wildman–Crippen LogP) is 12.6. The number of hydrogen-bond donors (Lipinski definition) is 4. The van der Waals surface area contributed by atoms with E-state index in [1.807, 2.05) is 0 Å². The number of aromatic nitrogens is 1. The first-order valence-corrected chi connectivity index (χ1v) is 22.9. The molecule has 0 bridgehead atoms. The van der Waals surface area contributed by atoms with Crippen molar-refractivity contribution in [2.75, 3.05) is 0 Å². The van der Waals surface area contributed by atoms with Gasteiger partial charge < -0.3 is 25.0 Å². The van der Waals surface area contributed by atoms with Crippen LogP contribution in [-0.4, -0.2) is 48.9 Å². The Labute approximate surface area is 382 Å². The number of unbranched alkanes of at least 4 members (excludes halogenated alkanes) is 6. The molecule has 0 saturated carbocycles. The number of aryl methyl sites for hydroxylation is 3. The van der Waals surface area contributed by atoms with Crippen LogP contribution in [0.15, 0.2) is 60.7 Å². The van der Waals surface area contributed by atoms with Gasteiger partial charge in [0.2, 0.25) is 0 Å². The number of hydrogen-bond acceptors (Lipinski definition) is 4. The number of carboxylic acid groups (broad SMARTS) is 4. The molecule has 0 spiro atoms. The number of aliphatic carboxylic acids is 3. The lowest BCUT2D eigenvalue weighted by Gasteiger charge is -2.37. The summed E-state index contributed by atoms with van der Waals surface area (Å²) in [4.78, 5) is 51.0. The molecule has 4 N–H and O–H groups in total. The SMILES string of the molecule is CCCCCCc1ccc2c(c1)c1cc(CCCCCC)ccc1n2CCc1c(C(=O)O)c2c3c(c4c(Cl)ccc5ccc(Cl)c(c3c1Cl)c54)C(Cl)(C(=O)O)C(C(=O)O)C=2C(=O)O. The van der Waals surface area contributed by atoms with Gasteiger partial charge in [-0.3, -0.25) is 4.79 Å². The van der Waals surface area contributed by atoms with Crippen LogP contribution in [-0.2, 0) is 45.1 Å². The zero-order valence-corrected chi connectivity index (χ0v) is 37.7. The molecule has 13 heteroatoms. The Morgan fingerprint density at radius 2 is 1.19 bits per heavy atom. The molecule has 2 atom stereocenters. The molecule has 8 rings (SSSR count). The second-order valence-corrected chi connectivity index (χ2v) is 18.4. The Bertz CT molecular complexity index is 3060. The van der Waals surface area contributed by atoms with Crippen LogP contribution < -0.4 is 5.22 Å². The summed E-state index contributed by atoms with van der Waals surface area (Å²) >= 11 is 28.4. The van der Waals surface area contributed by atoms with Gasteiger partial charge in [0.1, 0.15) is 5.92 Å². The molecule has 1 aliphatic rings. The molecule has 326 valence electrons. The van der Waals surface area contributed by atoms with Crippen LogP contribution in [0.25, 0.3) is 59.7 Å². The Kier molecular flexibility index (Phi) is 12.4. The maximum atomic E-state index is 13.8. The Hall–Kier alpha value is -5.06. The number of carboxylic acids is 4. The standard InChI is InChI=1S/C50H45Cl4NO8/c1-3-5-7-9-11-25-13-19-33-29(23-25)30-24-26(12-10-8-6-4-2)14-20-34(30)55(33)22-21-28-36(46(56)57)39-40-41(45(28)53)37-31(51)17-15-27-16-18-32(52)38(35(27)37)43(40)50(54,49(62)63)44(48(60)61)42(39)47(58)59/h13-20,23-24,44H,3-12,21-22H2,1-2H3,(H,56,57)(H,58,59)(H,60,61)(H,62,63). The molecule has 1 heterocycles. The Morgan fingerprint density at radius 1 is 0.635 bits per heavy atom. The van der Waals surface area contributed by atoms with Crippen LogP contribution in [0.5, 0.6) is 0 Å². The van der Waals surface area contributed by atoms with Crippen molar-refractivity contribution in [3.05, 3.63) is 109 Å². The first kappa shape index (κ1) is 44.5. The fraction of sp³-hybridized carbons (Fsp3) is 0.320. The predicted molar refractivity (Wildman–Crippen MR) is 252 cm³/mol. The number of alkyl halides is 1. The molecule has 63 heavy (non-hydrogen) atoms. The summed E-state index contributed by atoms with van der Waals surface area (Å²) in [5.41, 5.74) is 2.33. The first-order chi connectivity index (χ1) is 30.2. The molecule has 1 aromatic heterocycles. The van der Waals surface area contributed by atoms with E-state index in [0.29, 0.717) is 10.8 Å². The van der Waals surface area contributed by atoms with Crippen molar-refractivity contribution in [3.8, 4) is 0 Å². The summed E-state index contributed by atoms with van der Waals surface area (Å²) in [7, 11) is 0. The van der Waals surface area contributed by atoms with Crippen LogP contribution in [0.1, 0.15) is 97.8 Å². The molecular weight excluding hydrogens is 884 g/mol. The van der Waals surface area contributed by atoms with E-state index in [1.165, 1.54) is 30.0 Å². The van der Waals surface area contributed by atoms with Gasteiger partial charge in [-0.15, -0.1) is 11.6 Å². The van der Waals surface area contributed by atoms with E-state index in [9.17, 15) is 39.6 Å². The summed E-state index contributed by atoms with van der Waals surface area (Å²) in [6.45, 7) is 4.56. The van der Waals surface area contributed by atoms with Crippen molar-refractivity contribution in [1.82, 2.24) is 4.57 Å². The normalized spacial score (nSPS) is 16.3. The minimum absolute atomic E-state index is 0.00610. The van der Waals surface area contributed by atoms with Gasteiger partial charge in [-0.25, -0.2) is 14.4 Å². The summed E-state index contributed by atoms with van der Waals surface area (Å²) < 4.78 is 2.11. The Morgan fingerprint density at radius 3 is 1.68 bits per heavy atom. The van der Waals surface area contributed by atoms with Crippen molar-refractivity contribution < 1.29 is 39.6 Å². The number of rotatable bonds is 17. The monoisotopic (exact) mass is 927 g/mol. The molecule has 0 radical (unpaired) electrons. The van der Waals surface area contributed by atoms with Crippen molar-refractivity contribution in [1.29, 1.82) is 0 Å². The van der Waals surface area contributed by atoms with Gasteiger partial charge in [0, 0.05) is 70.7 Å². The highest BCUT2D eigenvalue weighted by Crippen LogP contribution is 2.55. The Balaban J connectivity index is 1.44. The van der Waals surface area contributed by atoms with Crippen LogP contribution in [0, 0.1) is 5.92 Å². The second kappa shape index (κ2) is 17.5. The van der Waals surface area contributed by atoms with E-state index in [0.717, 1.165) is 73.2 Å². The molecule has 7 aromatic rings. The molecule has 2 unspecified atom stereocenters. The van der Waals surface area contributed by atoms with Gasteiger partial charge >= 0.3 is 23.9 Å². The minimum atomic E-state index is -2.99. The van der Waals surface area contributed by atoms with Gasteiger partial charge in [0.15, 0.2) is 4.87 Å². The third kappa shape index (κ3) is 7.25. The van der Waals surface area contributed by atoms with Gasteiger partial charge in [-0.2, -0.15) is 0 Å². The van der Waals surface area contributed by atoms with E-state index in [1.54, 1.807) is 18.2 Å². The van der Waals surface area contributed by atoms with Crippen molar-refractivity contribution >= 4 is 130 Å². The van der Waals surface area contributed by atoms with Gasteiger partial charge in [-0.05, 0) is 96.0 Å². The quantitative estimate of drug-likeness (QED) is 0.0305. The molecular formula is C50H45Cl4NO8. The number of benzene rings is 6. The van der Waals surface area contributed by atoms with Crippen LogP contribution in [0.2, 0.25) is 15.1 Å². The molecule has 1 aliphatic carbocycles. The fourth-order valence-corrected chi connectivity index (χ4v) is 11.3. The maximum Gasteiger partial charge on any atom is 0.336 e. The lowest BCUT2D eigenvalue weighted by molar-refractivity contribution is -0.150. The largest absolute Gasteiger partial charge is 0.481 e. The number of halogens is 4. The van der Waals surface area contributed by atoms with Gasteiger partial charge in [0.25, 0.3) is 0 Å². The van der Waals surface area contributed by atoms with Crippen molar-refractivity contribution in [3.63, 3.8) is 0 Å². The van der Waals surface area contributed by atoms with E-state index in [2.05, 4.69) is 54.8 Å². The minimum Gasteiger partial charge on any atom is -0.481 e. The molecule has 0 fully saturated rings. The molecule has 0 amide bonds. The number of fused-ring (bicyclic) bond motifs is 5. The second-order valence-electron chi connectivity index (χ2n) is 16.6. The summed E-state index contributed by atoms with van der Waals surface area (Å²) in [5.74, 6) is -9.71. The van der Waals surface area contributed by atoms with Crippen molar-refractivity contribution in [2.24, 2.45) is 5.92 Å². The third-order valence-electron chi connectivity index (χ3n) is 12.9. The van der Waals surface area contributed by atoms with E-state index < -0.39 is 51.0 Å². The van der Waals surface area contributed by atoms with Crippen LogP contribution in [0.4, 0.5) is 0 Å². The van der Waals surface area contributed by atoms with E-state index in [4.69, 9.17) is 46.4 Å². The highest BCUT2D eigenvalue weighted by atomic mass is 35.5. The molecule has 6 aromatic carbocycles. The summed E-state index contributed by atoms with van der Waals surface area (Å²) in [6.07, 6.45) is 10.9. The lowest BCUT2D eigenvalue weighted by atomic mass is 9.69. The molecule has 0 saturated heterocycles. The first-order valence-electron chi connectivity index (χ1n) is 21.4. The topological polar surface area (TPSA) is 154 Å². The lowest BCUT2D eigenvalue weighted by Crippen LogP contribution is -2.50. The van der Waals surface area contributed by atoms with Gasteiger partial charge in [0.05, 0.1) is 16.2 Å². The summed E-state index contributed by atoms with van der Waals surface area (Å²) in [6, 6.07) is 19.3. The number of carbonyl (C=O) groups is 4. The van der Waals surface area contributed by atoms with Crippen LogP contribution in [0.3, 0.4) is 0 Å². The smallest absolute Gasteiger partial charge is 0.336 e. The fourth-order valence-electron chi connectivity index (χ4n) is 10.1. The highest BCUT2D eigenvalue weighted by Gasteiger charge is 2.58. The van der Waals surface area contributed by atoms with E-state index >= 15 is 0 Å². The molecule has 9 nitrogen and oxygen atoms in total. The molecule has 0 aliphatic heterocycles. The van der Waals surface area contributed by atoms with Crippen LogP contribution >= 0.6 is 46.4 Å². The maximum absolute atomic E-state index is 13.8. The zero-order chi connectivity index (χ0) is 45.1. The zero-order valence-electron chi connectivity index (χ0n) is 34.7. The average molecular weight is 930 g/mol. The number of nitrogens with zero attached hydrogens (tertiary/aromatic N) is 1. The van der Waals surface area contributed by atoms with Gasteiger partial charge in [-0.1, -0.05) is 111 Å². The third-order valence-corrected chi connectivity index (χ3v) is 14.5. The van der Waals surface area contributed by atoms with E-state index in [-0.39, 0.29) is 60.7 Å².